The Bertz CT molecular complexity index is 735. The van der Waals surface area contributed by atoms with Gasteiger partial charge in [-0.15, -0.1) is 0 Å². The summed E-state index contributed by atoms with van der Waals surface area (Å²) >= 11 is 1.55. The Labute approximate surface area is 146 Å². The number of carbonyl (C=O) groups is 2. The third kappa shape index (κ3) is 5.35. The summed E-state index contributed by atoms with van der Waals surface area (Å²) in [6.45, 7) is 5.70. The van der Waals surface area contributed by atoms with E-state index in [4.69, 9.17) is 4.74 Å². The van der Waals surface area contributed by atoms with Crippen molar-refractivity contribution >= 4 is 29.3 Å². The van der Waals surface area contributed by atoms with E-state index in [0.29, 0.717) is 0 Å². The number of hydrogen-bond donors (Lipinski definition) is 1. The Balaban J connectivity index is 1.80. The van der Waals surface area contributed by atoms with E-state index in [1.165, 1.54) is 17.2 Å². The second kappa shape index (κ2) is 8.45. The SMILES string of the molecule is Cc1ccc([C@@H](C)NC(=O)COC(=O)/C=C/c2ccsc2)cc1C. The molecule has 1 heterocycles. The molecular weight excluding hydrogens is 322 g/mol. The average molecular weight is 343 g/mol. The molecular formula is C19H21NO3S. The number of thiophene rings is 1. The summed E-state index contributed by atoms with van der Waals surface area (Å²) in [6.07, 6.45) is 2.98. The van der Waals surface area contributed by atoms with E-state index in [1.807, 2.05) is 49.7 Å². The Morgan fingerprint density at radius 2 is 2.04 bits per heavy atom. The fourth-order valence-electron chi connectivity index (χ4n) is 2.12. The van der Waals surface area contributed by atoms with E-state index >= 15 is 0 Å². The van der Waals surface area contributed by atoms with Gasteiger partial charge in [-0.2, -0.15) is 11.3 Å². The monoisotopic (exact) mass is 343 g/mol. The molecule has 1 aromatic heterocycles. The number of carbonyl (C=O) groups excluding carboxylic acids is 2. The van der Waals surface area contributed by atoms with Crippen LogP contribution in [-0.2, 0) is 14.3 Å². The fourth-order valence-corrected chi connectivity index (χ4v) is 2.75. The Morgan fingerprint density at radius 1 is 1.25 bits per heavy atom. The molecule has 4 nitrogen and oxygen atoms in total. The van der Waals surface area contributed by atoms with Gasteiger partial charge in [0.25, 0.3) is 5.91 Å². The Morgan fingerprint density at radius 3 is 2.71 bits per heavy atom. The van der Waals surface area contributed by atoms with E-state index in [0.717, 1.165) is 11.1 Å². The van der Waals surface area contributed by atoms with Crippen molar-refractivity contribution in [3.63, 3.8) is 0 Å². The highest BCUT2D eigenvalue weighted by Gasteiger charge is 2.11. The smallest absolute Gasteiger partial charge is 0.331 e. The lowest BCUT2D eigenvalue weighted by atomic mass is 10.0. The van der Waals surface area contributed by atoms with Crippen LogP contribution in [0.25, 0.3) is 6.08 Å². The van der Waals surface area contributed by atoms with Gasteiger partial charge < -0.3 is 10.1 Å². The zero-order chi connectivity index (χ0) is 17.5. The molecule has 0 spiro atoms. The molecule has 1 amide bonds. The lowest BCUT2D eigenvalue weighted by Crippen LogP contribution is -2.31. The standard InChI is InChI=1S/C19H21NO3S/c1-13-4-6-17(10-14(13)2)15(3)20-18(21)11-23-19(22)7-5-16-8-9-24-12-16/h4-10,12,15H,11H2,1-3H3,(H,20,21)/b7-5+/t15-/m1/s1. The molecule has 1 atom stereocenters. The largest absolute Gasteiger partial charge is 0.452 e. The lowest BCUT2D eigenvalue weighted by Gasteiger charge is -2.15. The van der Waals surface area contributed by atoms with Gasteiger partial charge in [-0.3, -0.25) is 4.79 Å². The predicted molar refractivity (Wildman–Crippen MR) is 96.8 cm³/mol. The summed E-state index contributed by atoms with van der Waals surface area (Å²) in [5.41, 5.74) is 4.35. The van der Waals surface area contributed by atoms with Crippen LogP contribution in [0.4, 0.5) is 0 Å². The van der Waals surface area contributed by atoms with Crippen LogP contribution in [0.1, 0.15) is 35.2 Å². The molecule has 0 radical (unpaired) electrons. The molecule has 0 aliphatic heterocycles. The van der Waals surface area contributed by atoms with E-state index in [-0.39, 0.29) is 18.6 Å². The molecule has 0 unspecified atom stereocenters. The second-order valence-electron chi connectivity index (χ2n) is 5.63. The minimum atomic E-state index is -0.532. The topological polar surface area (TPSA) is 55.4 Å². The number of amides is 1. The number of aryl methyl sites for hydroxylation is 2. The molecule has 2 rings (SSSR count). The van der Waals surface area contributed by atoms with Crippen LogP contribution >= 0.6 is 11.3 Å². The van der Waals surface area contributed by atoms with Crippen LogP contribution in [0, 0.1) is 13.8 Å². The zero-order valence-electron chi connectivity index (χ0n) is 14.0. The Hall–Kier alpha value is -2.40. The van der Waals surface area contributed by atoms with Crippen molar-refractivity contribution in [2.75, 3.05) is 6.61 Å². The maximum absolute atomic E-state index is 11.9. The van der Waals surface area contributed by atoms with Gasteiger partial charge in [-0.1, -0.05) is 18.2 Å². The highest BCUT2D eigenvalue weighted by atomic mass is 32.1. The summed E-state index contributed by atoms with van der Waals surface area (Å²) in [5.74, 6) is -0.854. The van der Waals surface area contributed by atoms with Gasteiger partial charge in [0.1, 0.15) is 0 Å². The second-order valence-corrected chi connectivity index (χ2v) is 6.41. The predicted octanol–water partition coefficient (Wildman–Crippen LogP) is 3.80. The van der Waals surface area contributed by atoms with Gasteiger partial charge in [-0.05, 0) is 65.9 Å². The first kappa shape index (κ1) is 17.9. The zero-order valence-corrected chi connectivity index (χ0v) is 14.9. The van der Waals surface area contributed by atoms with Crippen molar-refractivity contribution in [2.45, 2.75) is 26.8 Å². The van der Waals surface area contributed by atoms with E-state index in [9.17, 15) is 9.59 Å². The first-order chi connectivity index (χ1) is 11.5. The highest BCUT2D eigenvalue weighted by Crippen LogP contribution is 2.16. The summed E-state index contributed by atoms with van der Waals surface area (Å²) < 4.78 is 4.95. The fraction of sp³-hybridized carbons (Fsp3) is 0.263. The third-order valence-electron chi connectivity index (χ3n) is 3.71. The van der Waals surface area contributed by atoms with Gasteiger partial charge in [0, 0.05) is 6.08 Å². The van der Waals surface area contributed by atoms with Crippen molar-refractivity contribution in [2.24, 2.45) is 0 Å². The maximum Gasteiger partial charge on any atom is 0.331 e. The molecule has 0 fully saturated rings. The molecule has 2 aromatic rings. The molecule has 0 saturated carbocycles. The summed E-state index contributed by atoms with van der Waals surface area (Å²) in [4.78, 5) is 23.5. The number of ether oxygens (including phenoxy) is 1. The normalized spacial score (nSPS) is 12.1. The van der Waals surface area contributed by atoms with Crippen LogP contribution in [0.15, 0.2) is 41.1 Å². The molecule has 0 bridgehead atoms. The molecule has 5 heteroatoms. The molecule has 0 saturated heterocycles. The Kier molecular flexibility index (Phi) is 6.32. The lowest BCUT2D eigenvalue weighted by molar-refractivity contribution is -0.144. The van der Waals surface area contributed by atoms with Crippen molar-refractivity contribution in [1.29, 1.82) is 0 Å². The number of nitrogens with one attached hydrogen (secondary N) is 1. The third-order valence-corrected chi connectivity index (χ3v) is 4.41. The summed E-state index contributed by atoms with van der Waals surface area (Å²) in [6, 6.07) is 7.82. The van der Waals surface area contributed by atoms with Crippen LogP contribution in [0.2, 0.25) is 0 Å². The van der Waals surface area contributed by atoms with E-state index < -0.39 is 5.97 Å². The van der Waals surface area contributed by atoms with Crippen molar-refractivity contribution in [3.8, 4) is 0 Å². The molecule has 126 valence electrons. The quantitative estimate of drug-likeness (QED) is 0.641. The molecule has 0 aliphatic carbocycles. The first-order valence-corrected chi connectivity index (χ1v) is 8.63. The van der Waals surface area contributed by atoms with Crippen molar-refractivity contribution in [3.05, 3.63) is 63.4 Å². The van der Waals surface area contributed by atoms with Gasteiger partial charge in [0.15, 0.2) is 6.61 Å². The van der Waals surface area contributed by atoms with Crippen LogP contribution in [-0.4, -0.2) is 18.5 Å². The summed E-state index contributed by atoms with van der Waals surface area (Å²) in [7, 11) is 0. The number of esters is 1. The van der Waals surface area contributed by atoms with Gasteiger partial charge >= 0.3 is 5.97 Å². The minimum absolute atomic E-state index is 0.142. The van der Waals surface area contributed by atoms with Crippen molar-refractivity contribution in [1.82, 2.24) is 5.32 Å². The van der Waals surface area contributed by atoms with Gasteiger partial charge in [-0.25, -0.2) is 4.79 Å². The molecule has 1 N–H and O–H groups in total. The number of rotatable bonds is 6. The number of hydrogen-bond acceptors (Lipinski definition) is 4. The van der Waals surface area contributed by atoms with Crippen LogP contribution in [0.3, 0.4) is 0 Å². The first-order valence-electron chi connectivity index (χ1n) is 7.69. The summed E-state index contributed by atoms with van der Waals surface area (Å²) in [5, 5.41) is 6.67. The molecule has 24 heavy (non-hydrogen) atoms. The average Bonchev–Trinajstić information content (AvgIpc) is 3.07. The van der Waals surface area contributed by atoms with Crippen LogP contribution in [0.5, 0.6) is 0 Å². The minimum Gasteiger partial charge on any atom is -0.452 e. The van der Waals surface area contributed by atoms with Gasteiger partial charge in [0.2, 0.25) is 0 Å². The van der Waals surface area contributed by atoms with E-state index in [2.05, 4.69) is 11.4 Å². The molecule has 1 aromatic carbocycles. The van der Waals surface area contributed by atoms with E-state index in [1.54, 1.807) is 17.4 Å². The molecule has 0 aliphatic rings. The van der Waals surface area contributed by atoms with Gasteiger partial charge in [0.05, 0.1) is 6.04 Å². The number of benzene rings is 1. The maximum atomic E-state index is 11.9. The van der Waals surface area contributed by atoms with Crippen LogP contribution < -0.4 is 5.32 Å². The highest BCUT2D eigenvalue weighted by molar-refractivity contribution is 7.08. The van der Waals surface area contributed by atoms with Crippen molar-refractivity contribution < 1.29 is 14.3 Å².